The Morgan fingerprint density at radius 3 is 2.78 bits per heavy atom. The van der Waals surface area contributed by atoms with E-state index < -0.39 is 18.6 Å². The molecule has 1 aromatic carbocycles. The molecule has 0 spiro atoms. The van der Waals surface area contributed by atoms with Crippen molar-refractivity contribution in [2.24, 2.45) is 7.05 Å². The summed E-state index contributed by atoms with van der Waals surface area (Å²) in [5.74, 6) is -0.480. The number of amides is 1. The van der Waals surface area contributed by atoms with Gasteiger partial charge in [0.1, 0.15) is 18.4 Å². The summed E-state index contributed by atoms with van der Waals surface area (Å²) < 4.78 is 2.85. The van der Waals surface area contributed by atoms with Crippen LogP contribution in [-0.4, -0.2) is 45.0 Å². The number of halogens is 1. The van der Waals surface area contributed by atoms with Gasteiger partial charge in [0.2, 0.25) is 0 Å². The third-order valence-corrected chi connectivity index (χ3v) is 4.70. The molecule has 2 aromatic heterocycles. The minimum atomic E-state index is -1.06. The van der Waals surface area contributed by atoms with Crippen molar-refractivity contribution in [3.05, 3.63) is 52.0 Å². The number of benzene rings is 1. The first-order chi connectivity index (χ1) is 13.0. The molecule has 0 bridgehead atoms. The summed E-state index contributed by atoms with van der Waals surface area (Å²) in [6.45, 7) is -0.664. The highest BCUT2D eigenvalue weighted by molar-refractivity contribution is 14.1. The molecule has 142 valence electrons. The maximum Gasteiger partial charge on any atom is 0.293 e. The Morgan fingerprint density at radius 2 is 2.07 bits per heavy atom. The molecule has 0 saturated carbocycles. The van der Waals surface area contributed by atoms with Crippen molar-refractivity contribution in [1.29, 1.82) is 0 Å². The van der Waals surface area contributed by atoms with E-state index in [1.54, 1.807) is 24.0 Å². The molecule has 3 rings (SSSR count). The Labute approximate surface area is 169 Å². The quantitative estimate of drug-likeness (QED) is 0.303. The van der Waals surface area contributed by atoms with E-state index in [0.717, 1.165) is 20.2 Å². The Morgan fingerprint density at radius 1 is 1.33 bits per heavy atom. The fourth-order valence-corrected chi connectivity index (χ4v) is 3.02. The third-order valence-electron chi connectivity index (χ3n) is 3.98. The van der Waals surface area contributed by atoms with Crippen molar-refractivity contribution in [3.63, 3.8) is 0 Å². The number of aliphatic hydroxyl groups is 2. The van der Waals surface area contributed by atoms with E-state index in [9.17, 15) is 9.90 Å². The van der Waals surface area contributed by atoms with Crippen molar-refractivity contribution in [2.45, 2.75) is 6.10 Å². The molecule has 4 N–H and O–H groups in total. The zero-order chi connectivity index (χ0) is 19.4. The first-order valence-corrected chi connectivity index (χ1v) is 9.25. The van der Waals surface area contributed by atoms with Crippen molar-refractivity contribution in [1.82, 2.24) is 15.0 Å². The Balaban J connectivity index is 1.94. The first-order valence-electron chi connectivity index (χ1n) is 8.17. The van der Waals surface area contributed by atoms with Gasteiger partial charge in [-0.1, -0.05) is 0 Å². The predicted octanol–water partition coefficient (Wildman–Crippen LogP) is 1.94. The Kier molecular flexibility index (Phi) is 6.26. The van der Waals surface area contributed by atoms with Crippen LogP contribution in [0.2, 0.25) is 0 Å². The monoisotopic (exact) mass is 482 g/mol. The molecule has 1 amide bonds. The molecule has 0 fully saturated rings. The van der Waals surface area contributed by atoms with Crippen LogP contribution in [0.3, 0.4) is 0 Å². The average Bonchev–Trinajstić information content (AvgIpc) is 2.95. The van der Waals surface area contributed by atoms with Gasteiger partial charge in [-0.15, -0.1) is 0 Å². The lowest BCUT2D eigenvalue weighted by atomic mass is 10.2. The second-order valence-electron chi connectivity index (χ2n) is 5.89. The van der Waals surface area contributed by atoms with Crippen LogP contribution in [-0.2, 0) is 11.9 Å². The van der Waals surface area contributed by atoms with Gasteiger partial charge in [0, 0.05) is 34.1 Å². The van der Waals surface area contributed by atoms with Gasteiger partial charge >= 0.3 is 0 Å². The van der Waals surface area contributed by atoms with E-state index in [4.69, 9.17) is 9.94 Å². The van der Waals surface area contributed by atoms with E-state index >= 15 is 0 Å². The lowest BCUT2D eigenvalue weighted by Crippen LogP contribution is -2.31. The topological polar surface area (TPSA) is 109 Å². The smallest absolute Gasteiger partial charge is 0.293 e. The number of hydroxylamine groups is 1. The molecule has 0 radical (unpaired) electrons. The normalized spacial score (nSPS) is 12.1. The van der Waals surface area contributed by atoms with Crippen LogP contribution in [0.4, 0.5) is 11.4 Å². The SMILES string of the molecule is Cn1c(C(=O)NOC[C@H](O)CO)c(Nc2ccc(I)cc2)c2cnccc21. The predicted molar refractivity (Wildman–Crippen MR) is 110 cm³/mol. The molecule has 0 saturated heterocycles. The first kappa shape index (κ1) is 19.5. The zero-order valence-electron chi connectivity index (χ0n) is 14.5. The van der Waals surface area contributed by atoms with Gasteiger partial charge < -0.3 is 20.1 Å². The fourth-order valence-electron chi connectivity index (χ4n) is 2.66. The number of nitrogens with one attached hydrogen (secondary N) is 2. The maximum atomic E-state index is 12.7. The van der Waals surface area contributed by atoms with Gasteiger partial charge in [0.15, 0.2) is 0 Å². The minimum absolute atomic E-state index is 0.215. The molecular formula is C18H19IN4O4. The van der Waals surface area contributed by atoms with Crippen LogP contribution >= 0.6 is 22.6 Å². The molecule has 27 heavy (non-hydrogen) atoms. The van der Waals surface area contributed by atoms with Crippen LogP contribution in [0.5, 0.6) is 0 Å². The second kappa shape index (κ2) is 8.65. The molecule has 1 atom stereocenters. The summed E-state index contributed by atoms with van der Waals surface area (Å²) in [5.41, 5.74) is 4.93. The summed E-state index contributed by atoms with van der Waals surface area (Å²) in [4.78, 5) is 21.9. The fraction of sp³-hybridized carbons (Fsp3) is 0.222. The number of aliphatic hydroxyl groups excluding tert-OH is 2. The van der Waals surface area contributed by atoms with Gasteiger partial charge in [0.05, 0.1) is 17.8 Å². The number of aryl methyl sites for hydroxylation is 1. The Hall–Kier alpha value is -2.21. The van der Waals surface area contributed by atoms with Crippen LogP contribution in [0.25, 0.3) is 10.9 Å². The highest BCUT2D eigenvalue weighted by Gasteiger charge is 2.22. The molecular weight excluding hydrogens is 463 g/mol. The van der Waals surface area contributed by atoms with Crippen LogP contribution < -0.4 is 10.8 Å². The summed E-state index contributed by atoms with van der Waals surface area (Å²) in [7, 11) is 1.78. The second-order valence-corrected chi connectivity index (χ2v) is 7.13. The lowest BCUT2D eigenvalue weighted by molar-refractivity contribution is -0.0297. The summed E-state index contributed by atoms with van der Waals surface area (Å²) >= 11 is 2.23. The van der Waals surface area contributed by atoms with E-state index in [1.807, 2.05) is 30.3 Å². The largest absolute Gasteiger partial charge is 0.394 e. The maximum absolute atomic E-state index is 12.7. The van der Waals surface area contributed by atoms with E-state index in [-0.39, 0.29) is 6.61 Å². The van der Waals surface area contributed by atoms with Gasteiger partial charge in [-0.3, -0.25) is 14.6 Å². The van der Waals surface area contributed by atoms with Gasteiger partial charge in [-0.05, 0) is 52.9 Å². The lowest BCUT2D eigenvalue weighted by Gasteiger charge is -2.12. The number of hydrogen-bond acceptors (Lipinski definition) is 6. The van der Waals surface area contributed by atoms with Crippen molar-refractivity contribution < 1.29 is 19.8 Å². The molecule has 0 aliphatic rings. The Bertz CT molecular complexity index is 942. The highest BCUT2D eigenvalue weighted by atomic mass is 127. The van der Waals surface area contributed by atoms with Gasteiger partial charge in [-0.2, -0.15) is 0 Å². The zero-order valence-corrected chi connectivity index (χ0v) is 16.7. The molecule has 9 heteroatoms. The van der Waals surface area contributed by atoms with Gasteiger partial charge in [0.25, 0.3) is 5.91 Å². The number of aromatic nitrogens is 2. The molecule has 0 aliphatic carbocycles. The third kappa shape index (κ3) is 4.38. The number of pyridine rings is 1. The van der Waals surface area contributed by atoms with Crippen molar-refractivity contribution in [2.75, 3.05) is 18.5 Å². The molecule has 0 unspecified atom stereocenters. The highest BCUT2D eigenvalue weighted by Crippen LogP contribution is 2.32. The van der Waals surface area contributed by atoms with Crippen LogP contribution in [0.1, 0.15) is 10.5 Å². The molecule has 2 heterocycles. The van der Waals surface area contributed by atoms with Crippen LogP contribution in [0, 0.1) is 3.57 Å². The van der Waals surface area contributed by atoms with E-state index in [0.29, 0.717) is 11.4 Å². The number of hydrogen-bond donors (Lipinski definition) is 4. The molecule has 3 aromatic rings. The van der Waals surface area contributed by atoms with Gasteiger partial charge in [-0.25, -0.2) is 5.48 Å². The standard InChI is InChI=1S/C18H19IN4O4/c1-23-15-6-7-20-8-14(15)16(21-12-4-2-11(19)3-5-12)17(23)18(26)22-27-10-13(25)9-24/h2-8,13,21,24-25H,9-10H2,1H3,(H,22,26)/t13-/m1/s1. The number of carbonyl (C=O) groups excluding carboxylic acids is 1. The van der Waals surface area contributed by atoms with E-state index in [2.05, 4.69) is 38.4 Å². The molecule has 8 nitrogen and oxygen atoms in total. The van der Waals surface area contributed by atoms with Crippen molar-refractivity contribution >= 4 is 50.8 Å². The number of rotatable bonds is 7. The average molecular weight is 482 g/mol. The number of fused-ring (bicyclic) bond motifs is 1. The van der Waals surface area contributed by atoms with Crippen molar-refractivity contribution in [3.8, 4) is 0 Å². The number of anilines is 2. The minimum Gasteiger partial charge on any atom is -0.394 e. The molecule has 0 aliphatic heterocycles. The number of nitrogens with zero attached hydrogens (tertiary/aromatic N) is 2. The summed E-state index contributed by atoms with van der Waals surface area (Å²) in [6.07, 6.45) is 2.29. The van der Waals surface area contributed by atoms with E-state index in [1.165, 1.54) is 0 Å². The number of carbonyl (C=O) groups is 1. The van der Waals surface area contributed by atoms with Crippen LogP contribution in [0.15, 0.2) is 42.7 Å². The summed E-state index contributed by atoms with van der Waals surface area (Å²) in [5, 5.41) is 22.2. The summed E-state index contributed by atoms with van der Waals surface area (Å²) in [6, 6.07) is 9.60.